The van der Waals surface area contributed by atoms with Gasteiger partial charge in [-0.3, -0.25) is 9.69 Å². The fourth-order valence-corrected chi connectivity index (χ4v) is 4.10. The van der Waals surface area contributed by atoms with Gasteiger partial charge in [-0.05, 0) is 32.1 Å². The summed E-state index contributed by atoms with van der Waals surface area (Å²) in [6.45, 7) is 10.5. The second-order valence-corrected chi connectivity index (χ2v) is 6.01. The molecule has 3 heteroatoms. The molecule has 3 atom stereocenters. The predicted octanol–water partition coefficient (Wildman–Crippen LogP) is 3.01. The maximum atomic E-state index is 12.5. The molecule has 2 fully saturated rings. The molecule has 2 rings (SSSR count). The summed E-state index contributed by atoms with van der Waals surface area (Å²) < 4.78 is 5.41. The van der Waals surface area contributed by atoms with Crippen LogP contribution in [-0.2, 0) is 9.53 Å². The maximum absolute atomic E-state index is 12.5. The molecule has 1 heterocycles. The van der Waals surface area contributed by atoms with Crippen molar-refractivity contribution >= 4 is 5.97 Å². The van der Waals surface area contributed by atoms with Crippen LogP contribution in [0.15, 0.2) is 12.7 Å². The highest BCUT2D eigenvalue weighted by Crippen LogP contribution is 2.50. The number of hydrogen-bond donors (Lipinski definition) is 0. The van der Waals surface area contributed by atoms with Gasteiger partial charge >= 0.3 is 5.97 Å². The molecule has 1 aliphatic carbocycles. The SMILES string of the molecule is C=CCN1C[C@@H](CC)C[C@]2(C(=O)OCC)CCC[C@@H]12. The monoisotopic (exact) mass is 265 g/mol. The van der Waals surface area contributed by atoms with E-state index in [1.54, 1.807) is 0 Å². The molecule has 1 saturated heterocycles. The molecule has 0 bridgehead atoms. The number of likely N-dealkylation sites (tertiary alicyclic amines) is 1. The second kappa shape index (κ2) is 6.08. The molecule has 2 aliphatic rings. The Morgan fingerprint density at radius 1 is 1.53 bits per heavy atom. The summed E-state index contributed by atoms with van der Waals surface area (Å²) in [4.78, 5) is 15.0. The highest BCUT2D eigenvalue weighted by atomic mass is 16.5. The maximum Gasteiger partial charge on any atom is 0.313 e. The molecule has 0 spiro atoms. The van der Waals surface area contributed by atoms with E-state index in [4.69, 9.17) is 4.74 Å². The van der Waals surface area contributed by atoms with Crippen molar-refractivity contribution in [3.8, 4) is 0 Å². The summed E-state index contributed by atoms with van der Waals surface area (Å²) in [6, 6.07) is 0.368. The summed E-state index contributed by atoms with van der Waals surface area (Å²) in [5.74, 6) is 0.656. The Bertz CT molecular complexity index is 342. The number of ether oxygens (including phenoxy) is 1. The van der Waals surface area contributed by atoms with Crippen molar-refractivity contribution in [2.45, 2.75) is 52.0 Å². The zero-order chi connectivity index (χ0) is 13.9. The Morgan fingerprint density at radius 3 is 2.95 bits per heavy atom. The molecule has 0 amide bonds. The van der Waals surface area contributed by atoms with E-state index in [1.165, 1.54) is 0 Å². The zero-order valence-electron chi connectivity index (χ0n) is 12.4. The van der Waals surface area contributed by atoms with Crippen LogP contribution < -0.4 is 0 Å². The number of carbonyl (C=O) groups is 1. The number of fused-ring (bicyclic) bond motifs is 1. The van der Waals surface area contributed by atoms with E-state index in [-0.39, 0.29) is 11.4 Å². The van der Waals surface area contributed by atoms with Crippen LogP contribution in [0.4, 0.5) is 0 Å². The normalized spacial score (nSPS) is 34.8. The van der Waals surface area contributed by atoms with Crippen LogP contribution in [-0.4, -0.2) is 36.6 Å². The lowest BCUT2D eigenvalue weighted by Crippen LogP contribution is -2.56. The Hall–Kier alpha value is -0.830. The molecule has 0 aromatic heterocycles. The molecule has 108 valence electrons. The predicted molar refractivity (Wildman–Crippen MR) is 76.9 cm³/mol. The third-order valence-electron chi connectivity index (χ3n) is 4.95. The third kappa shape index (κ3) is 2.58. The van der Waals surface area contributed by atoms with E-state index in [0.29, 0.717) is 18.6 Å². The second-order valence-electron chi connectivity index (χ2n) is 6.01. The number of hydrogen-bond acceptors (Lipinski definition) is 3. The molecule has 19 heavy (non-hydrogen) atoms. The summed E-state index contributed by atoms with van der Waals surface area (Å²) >= 11 is 0. The van der Waals surface area contributed by atoms with Crippen LogP contribution in [0.5, 0.6) is 0 Å². The minimum Gasteiger partial charge on any atom is -0.466 e. The Kier molecular flexibility index (Phi) is 4.67. The van der Waals surface area contributed by atoms with Crippen molar-refractivity contribution < 1.29 is 9.53 Å². The van der Waals surface area contributed by atoms with E-state index in [0.717, 1.165) is 45.2 Å². The van der Waals surface area contributed by atoms with Crippen molar-refractivity contribution in [1.82, 2.24) is 4.90 Å². The van der Waals surface area contributed by atoms with Crippen LogP contribution in [0.2, 0.25) is 0 Å². The molecular weight excluding hydrogens is 238 g/mol. The van der Waals surface area contributed by atoms with E-state index in [9.17, 15) is 4.79 Å². The van der Waals surface area contributed by atoms with Gasteiger partial charge in [0.1, 0.15) is 0 Å². The molecule has 1 saturated carbocycles. The number of carbonyl (C=O) groups excluding carboxylic acids is 1. The van der Waals surface area contributed by atoms with Gasteiger partial charge < -0.3 is 4.74 Å². The quantitative estimate of drug-likeness (QED) is 0.565. The molecule has 0 N–H and O–H groups in total. The molecule has 0 radical (unpaired) electrons. The number of esters is 1. The molecule has 0 aromatic carbocycles. The van der Waals surface area contributed by atoms with E-state index >= 15 is 0 Å². The fourth-order valence-electron chi connectivity index (χ4n) is 4.10. The van der Waals surface area contributed by atoms with Crippen LogP contribution in [0, 0.1) is 11.3 Å². The van der Waals surface area contributed by atoms with Crippen molar-refractivity contribution in [2.24, 2.45) is 11.3 Å². The van der Waals surface area contributed by atoms with Crippen LogP contribution in [0.3, 0.4) is 0 Å². The zero-order valence-corrected chi connectivity index (χ0v) is 12.4. The molecule has 0 aromatic rings. The highest BCUT2D eigenvalue weighted by Gasteiger charge is 2.55. The minimum absolute atomic E-state index is 0.0460. The number of piperidine rings is 1. The fraction of sp³-hybridized carbons (Fsp3) is 0.812. The van der Waals surface area contributed by atoms with Gasteiger partial charge in [-0.1, -0.05) is 25.8 Å². The lowest BCUT2D eigenvalue weighted by molar-refractivity contribution is -0.163. The van der Waals surface area contributed by atoms with Gasteiger partial charge in [-0.25, -0.2) is 0 Å². The Labute approximate surface area is 117 Å². The minimum atomic E-state index is -0.238. The molecular formula is C16H27NO2. The van der Waals surface area contributed by atoms with Crippen molar-refractivity contribution in [1.29, 1.82) is 0 Å². The first-order valence-corrected chi connectivity index (χ1v) is 7.70. The molecule has 3 nitrogen and oxygen atoms in total. The van der Waals surface area contributed by atoms with Gasteiger partial charge in [0.25, 0.3) is 0 Å². The molecule has 0 unspecified atom stereocenters. The van der Waals surface area contributed by atoms with Crippen molar-refractivity contribution in [3.05, 3.63) is 12.7 Å². The van der Waals surface area contributed by atoms with E-state index < -0.39 is 0 Å². The summed E-state index contributed by atoms with van der Waals surface area (Å²) in [5.41, 5.74) is -0.238. The van der Waals surface area contributed by atoms with Gasteiger partial charge in [-0.2, -0.15) is 0 Å². The van der Waals surface area contributed by atoms with Gasteiger partial charge in [0.15, 0.2) is 0 Å². The lowest BCUT2D eigenvalue weighted by Gasteiger charge is -2.47. The number of nitrogens with zero attached hydrogens (tertiary/aromatic N) is 1. The van der Waals surface area contributed by atoms with Gasteiger partial charge in [0.2, 0.25) is 0 Å². The first-order valence-electron chi connectivity index (χ1n) is 7.70. The summed E-state index contributed by atoms with van der Waals surface area (Å²) in [7, 11) is 0. The average Bonchev–Trinajstić information content (AvgIpc) is 2.84. The van der Waals surface area contributed by atoms with Crippen LogP contribution in [0.1, 0.15) is 46.0 Å². The standard InChI is InChI=1S/C16H27NO2/c1-4-10-17-12-13(5-2)11-16(15(18)19-6-3)9-7-8-14(16)17/h4,13-14H,1,5-12H2,2-3H3/t13-,14+,16+/m0/s1. The van der Waals surface area contributed by atoms with Crippen molar-refractivity contribution in [3.63, 3.8) is 0 Å². The Balaban J connectivity index is 2.25. The first kappa shape index (κ1) is 14.6. The summed E-state index contributed by atoms with van der Waals surface area (Å²) in [6.07, 6.45) is 7.39. The highest BCUT2D eigenvalue weighted by molar-refractivity contribution is 5.78. The van der Waals surface area contributed by atoms with Crippen LogP contribution in [0.25, 0.3) is 0 Å². The lowest BCUT2D eigenvalue weighted by atomic mass is 9.70. The average molecular weight is 265 g/mol. The topological polar surface area (TPSA) is 29.5 Å². The van der Waals surface area contributed by atoms with Gasteiger partial charge in [0.05, 0.1) is 12.0 Å². The summed E-state index contributed by atoms with van der Waals surface area (Å²) in [5, 5.41) is 0. The van der Waals surface area contributed by atoms with Gasteiger partial charge in [0, 0.05) is 19.1 Å². The number of rotatable bonds is 5. The smallest absolute Gasteiger partial charge is 0.313 e. The van der Waals surface area contributed by atoms with E-state index in [1.807, 2.05) is 13.0 Å². The largest absolute Gasteiger partial charge is 0.466 e. The third-order valence-corrected chi connectivity index (χ3v) is 4.95. The van der Waals surface area contributed by atoms with Crippen LogP contribution >= 0.6 is 0 Å². The first-order chi connectivity index (χ1) is 9.17. The van der Waals surface area contributed by atoms with Gasteiger partial charge in [-0.15, -0.1) is 6.58 Å². The molecule has 1 aliphatic heterocycles. The Morgan fingerprint density at radius 2 is 2.32 bits per heavy atom. The van der Waals surface area contributed by atoms with E-state index in [2.05, 4.69) is 18.4 Å². The van der Waals surface area contributed by atoms with Crippen molar-refractivity contribution in [2.75, 3.05) is 19.7 Å².